The van der Waals surface area contributed by atoms with Crippen molar-refractivity contribution in [2.24, 2.45) is 0 Å². The van der Waals surface area contributed by atoms with Crippen molar-refractivity contribution in [1.29, 1.82) is 0 Å². The number of amides is 1. The van der Waals surface area contributed by atoms with Crippen LogP contribution < -0.4 is 0 Å². The lowest BCUT2D eigenvalue weighted by atomic mass is 10.1. The number of benzene rings is 2. The first-order valence-corrected chi connectivity index (χ1v) is 11.4. The Labute approximate surface area is 172 Å². The van der Waals surface area contributed by atoms with Gasteiger partial charge < -0.3 is 9.47 Å². The summed E-state index contributed by atoms with van der Waals surface area (Å²) in [4.78, 5) is 13.6. The summed E-state index contributed by atoms with van der Waals surface area (Å²) in [6.45, 7) is 4.28. The highest BCUT2D eigenvalue weighted by atomic mass is 32.2. The second kappa shape index (κ2) is 8.25. The van der Waals surface area contributed by atoms with Gasteiger partial charge in [0, 0.05) is 38.2 Å². The molecule has 0 aliphatic heterocycles. The molecule has 0 fully saturated rings. The van der Waals surface area contributed by atoms with Crippen molar-refractivity contribution in [3.05, 3.63) is 71.9 Å². The fourth-order valence-corrected chi connectivity index (χ4v) is 3.98. The van der Waals surface area contributed by atoms with E-state index in [0.29, 0.717) is 11.4 Å². The highest BCUT2D eigenvalue weighted by Gasteiger charge is 2.16. The summed E-state index contributed by atoms with van der Waals surface area (Å²) in [5.74, 6) is 0.0433. The summed E-state index contributed by atoms with van der Waals surface area (Å²) < 4.78 is 25.8. The van der Waals surface area contributed by atoms with Gasteiger partial charge in [-0.25, -0.2) is 8.42 Å². The Morgan fingerprint density at radius 1 is 1.03 bits per heavy atom. The maximum Gasteiger partial charge on any atom is 0.219 e. The quantitative estimate of drug-likeness (QED) is 0.620. The van der Waals surface area contributed by atoms with E-state index in [2.05, 4.69) is 17.6 Å². The minimum Gasteiger partial charge on any atom is -0.346 e. The molecule has 0 saturated carbocycles. The summed E-state index contributed by atoms with van der Waals surface area (Å²) in [7, 11) is -1.44. The molecule has 3 aromatic rings. The third kappa shape index (κ3) is 4.59. The molecule has 0 aliphatic rings. The molecule has 1 aromatic heterocycles. The molecule has 6 heteroatoms. The molecule has 29 heavy (non-hydrogen) atoms. The fraction of sp³-hybridized carbons (Fsp3) is 0.261. The van der Waals surface area contributed by atoms with E-state index in [9.17, 15) is 13.2 Å². The second-order valence-corrected chi connectivity index (χ2v) is 9.31. The normalized spacial score (nSPS) is 11.4. The van der Waals surface area contributed by atoms with Crippen LogP contribution in [0.4, 0.5) is 0 Å². The van der Waals surface area contributed by atoms with E-state index in [1.54, 1.807) is 31.0 Å². The van der Waals surface area contributed by atoms with E-state index in [1.165, 1.54) is 6.26 Å². The van der Waals surface area contributed by atoms with Gasteiger partial charge in [0.25, 0.3) is 0 Å². The van der Waals surface area contributed by atoms with Gasteiger partial charge in [-0.3, -0.25) is 4.79 Å². The number of aromatic nitrogens is 1. The Bertz CT molecular complexity index is 1110. The van der Waals surface area contributed by atoms with Gasteiger partial charge in [0.1, 0.15) is 0 Å². The molecule has 1 amide bonds. The molecule has 152 valence electrons. The zero-order chi connectivity index (χ0) is 21.2. The van der Waals surface area contributed by atoms with Crippen LogP contribution in [0, 0.1) is 6.92 Å². The number of hydrogen-bond donors (Lipinski definition) is 0. The van der Waals surface area contributed by atoms with Crippen molar-refractivity contribution < 1.29 is 13.2 Å². The van der Waals surface area contributed by atoms with Gasteiger partial charge in [-0.15, -0.1) is 0 Å². The first kappa shape index (κ1) is 20.9. The average Bonchev–Trinajstić information content (AvgIpc) is 3.02. The first-order valence-electron chi connectivity index (χ1n) is 9.47. The number of carbonyl (C=O) groups is 1. The molecule has 0 bridgehead atoms. The maximum absolute atomic E-state index is 11.8. The Morgan fingerprint density at radius 2 is 1.66 bits per heavy atom. The van der Waals surface area contributed by atoms with Gasteiger partial charge in [-0.1, -0.05) is 30.3 Å². The maximum atomic E-state index is 11.8. The van der Waals surface area contributed by atoms with Crippen molar-refractivity contribution in [2.75, 3.05) is 19.8 Å². The Morgan fingerprint density at radius 3 is 2.21 bits per heavy atom. The Kier molecular flexibility index (Phi) is 5.94. The smallest absolute Gasteiger partial charge is 0.219 e. The van der Waals surface area contributed by atoms with Gasteiger partial charge in [0.05, 0.1) is 10.6 Å². The lowest BCUT2D eigenvalue weighted by Gasteiger charge is -2.15. The van der Waals surface area contributed by atoms with Gasteiger partial charge >= 0.3 is 0 Å². The van der Waals surface area contributed by atoms with Crippen LogP contribution in [0.2, 0.25) is 0 Å². The lowest BCUT2D eigenvalue weighted by Crippen LogP contribution is -2.26. The molecular weight excluding hydrogens is 384 g/mol. The molecule has 0 N–H and O–H groups in total. The summed E-state index contributed by atoms with van der Waals surface area (Å²) >= 11 is 0. The van der Waals surface area contributed by atoms with E-state index in [1.807, 2.05) is 42.5 Å². The van der Waals surface area contributed by atoms with Crippen molar-refractivity contribution >= 4 is 15.7 Å². The molecule has 0 aliphatic carbocycles. The van der Waals surface area contributed by atoms with Gasteiger partial charge in [-0.05, 0) is 54.8 Å². The third-order valence-corrected chi connectivity index (χ3v) is 6.33. The number of carbonyl (C=O) groups excluding carboxylic acids is 1. The van der Waals surface area contributed by atoms with Crippen LogP contribution in [0.15, 0.2) is 65.6 Å². The largest absolute Gasteiger partial charge is 0.346 e. The van der Waals surface area contributed by atoms with Crippen molar-refractivity contribution in [3.8, 4) is 16.9 Å². The third-order valence-electron chi connectivity index (χ3n) is 5.20. The highest BCUT2D eigenvalue weighted by Crippen LogP contribution is 2.30. The van der Waals surface area contributed by atoms with Crippen molar-refractivity contribution in [2.45, 2.75) is 25.2 Å². The molecule has 2 aromatic carbocycles. The number of para-hydroxylation sites is 1. The van der Waals surface area contributed by atoms with Crippen LogP contribution in [0.5, 0.6) is 0 Å². The van der Waals surface area contributed by atoms with E-state index in [0.717, 1.165) is 34.6 Å². The van der Waals surface area contributed by atoms with Crippen molar-refractivity contribution in [1.82, 2.24) is 9.47 Å². The van der Waals surface area contributed by atoms with Crippen LogP contribution >= 0.6 is 0 Å². The van der Waals surface area contributed by atoms with Crippen LogP contribution in [-0.2, 0) is 21.1 Å². The van der Waals surface area contributed by atoms with Gasteiger partial charge in [0.2, 0.25) is 5.91 Å². The molecular formula is C23H26N2O3S. The topological polar surface area (TPSA) is 59.4 Å². The fourth-order valence-electron chi connectivity index (χ4n) is 3.35. The highest BCUT2D eigenvalue weighted by molar-refractivity contribution is 7.90. The predicted molar refractivity (Wildman–Crippen MR) is 116 cm³/mol. The van der Waals surface area contributed by atoms with E-state index >= 15 is 0 Å². The zero-order valence-electron chi connectivity index (χ0n) is 17.2. The van der Waals surface area contributed by atoms with Crippen LogP contribution in [0.25, 0.3) is 16.9 Å². The molecule has 1 heterocycles. The lowest BCUT2D eigenvalue weighted by molar-refractivity contribution is -0.127. The molecule has 0 atom stereocenters. The molecule has 0 unspecified atom stereocenters. The summed E-state index contributed by atoms with van der Waals surface area (Å²) in [6.07, 6.45) is 1.96. The summed E-state index contributed by atoms with van der Waals surface area (Å²) in [5.41, 5.74) is 5.24. The van der Waals surface area contributed by atoms with Crippen molar-refractivity contribution in [3.63, 3.8) is 0 Å². The first-order chi connectivity index (χ1) is 13.7. The molecule has 5 nitrogen and oxygen atoms in total. The Balaban J connectivity index is 2.07. The molecule has 0 radical (unpaired) electrons. The molecule has 0 saturated heterocycles. The SMILES string of the molecule is CC(=O)N(C)CCc1cc(-c2ccc(S(C)(=O)=O)cc2)n(-c2ccccc2)c1C. The number of rotatable bonds is 6. The van der Waals surface area contributed by atoms with Crippen LogP contribution in [0.3, 0.4) is 0 Å². The minimum atomic E-state index is -3.24. The second-order valence-electron chi connectivity index (χ2n) is 7.30. The number of hydrogen-bond acceptors (Lipinski definition) is 3. The molecule has 0 spiro atoms. The summed E-state index contributed by atoms with van der Waals surface area (Å²) in [5, 5.41) is 0. The van der Waals surface area contributed by atoms with Crippen LogP contribution in [-0.4, -0.2) is 43.6 Å². The van der Waals surface area contributed by atoms with Crippen LogP contribution in [0.1, 0.15) is 18.2 Å². The predicted octanol–water partition coefficient (Wildman–Crippen LogP) is 3.88. The standard InChI is InChI=1S/C23H26N2O3S/c1-17-20(14-15-24(3)18(2)26)16-23(25(17)21-8-6-5-7-9-21)19-10-12-22(13-11-19)29(4,27)28/h5-13,16H,14-15H2,1-4H3. The number of nitrogens with zero attached hydrogens (tertiary/aromatic N) is 2. The number of likely N-dealkylation sites (N-methyl/N-ethyl adjacent to an activating group) is 1. The zero-order valence-corrected chi connectivity index (χ0v) is 18.0. The van der Waals surface area contributed by atoms with E-state index in [4.69, 9.17) is 0 Å². The number of sulfone groups is 1. The van der Waals surface area contributed by atoms with Gasteiger partial charge in [0.15, 0.2) is 9.84 Å². The summed E-state index contributed by atoms with van der Waals surface area (Å²) in [6, 6.07) is 19.2. The average molecular weight is 411 g/mol. The molecule has 3 rings (SSSR count). The van der Waals surface area contributed by atoms with E-state index in [-0.39, 0.29) is 5.91 Å². The van der Waals surface area contributed by atoms with E-state index < -0.39 is 9.84 Å². The van der Waals surface area contributed by atoms with Gasteiger partial charge in [-0.2, -0.15) is 0 Å². The monoisotopic (exact) mass is 410 g/mol. The Hall–Kier alpha value is -2.86. The minimum absolute atomic E-state index is 0.0433.